The van der Waals surface area contributed by atoms with Crippen molar-refractivity contribution < 1.29 is 4.79 Å². The van der Waals surface area contributed by atoms with Gasteiger partial charge < -0.3 is 14.9 Å². The highest BCUT2D eigenvalue weighted by Crippen LogP contribution is 2.24. The van der Waals surface area contributed by atoms with Gasteiger partial charge in [-0.3, -0.25) is 9.59 Å². The zero-order valence-corrected chi connectivity index (χ0v) is 10.9. The first-order chi connectivity index (χ1) is 9.74. The highest BCUT2D eigenvalue weighted by Gasteiger charge is 2.27. The molecule has 0 radical (unpaired) electrons. The van der Waals surface area contributed by atoms with Crippen molar-refractivity contribution in [3.8, 4) is 0 Å². The van der Waals surface area contributed by atoms with Crippen molar-refractivity contribution in [3.63, 3.8) is 0 Å². The fraction of sp³-hybridized carbons (Fsp3) is 0.385. The van der Waals surface area contributed by atoms with Gasteiger partial charge in [0.25, 0.3) is 11.5 Å². The number of carbonyl (C=O) groups excluding carboxylic acids is 1. The quantitative estimate of drug-likeness (QED) is 0.833. The number of H-pyrrole nitrogens is 2. The third kappa shape index (κ3) is 2.47. The number of hydrogen-bond acceptors (Lipinski definition) is 4. The Hall–Kier alpha value is -2.44. The monoisotopic (exact) mass is 273 g/mol. The van der Waals surface area contributed by atoms with E-state index in [1.165, 1.54) is 6.20 Å². The van der Waals surface area contributed by atoms with Gasteiger partial charge in [0.1, 0.15) is 11.5 Å². The molecule has 3 heterocycles. The Morgan fingerprint density at radius 3 is 2.95 bits per heavy atom. The summed E-state index contributed by atoms with van der Waals surface area (Å²) < 4.78 is 0. The Labute approximate surface area is 115 Å². The van der Waals surface area contributed by atoms with Crippen molar-refractivity contribution in [1.82, 2.24) is 24.8 Å². The van der Waals surface area contributed by atoms with Gasteiger partial charge in [-0.15, -0.1) is 0 Å². The Bertz CT molecular complexity index is 629. The van der Waals surface area contributed by atoms with Crippen LogP contribution >= 0.6 is 0 Å². The number of aromatic nitrogens is 4. The Morgan fingerprint density at radius 2 is 2.25 bits per heavy atom. The molecular formula is C13H15N5O2. The Morgan fingerprint density at radius 1 is 1.35 bits per heavy atom. The van der Waals surface area contributed by atoms with E-state index in [1.807, 2.05) is 0 Å². The van der Waals surface area contributed by atoms with Gasteiger partial charge in [0.2, 0.25) is 0 Å². The first-order valence-corrected chi connectivity index (χ1v) is 6.57. The normalized spacial score (nSPS) is 19.0. The van der Waals surface area contributed by atoms with Crippen LogP contribution in [-0.2, 0) is 0 Å². The van der Waals surface area contributed by atoms with Crippen LogP contribution in [0.1, 0.15) is 35.1 Å². The lowest BCUT2D eigenvalue weighted by atomic mass is 9.97. The second-order valence-corrected chi connectivity index (χ2v) is 4.86. The van der Waals surface area contributed by atoms with E-state index in [9.17, 15) is 9.59 Å². The summed E-state index contributed by atoms with van der Waals surface area (Å²) in [7, 11) is 0. The van der Waals surface area contributed by atoms with E-state index in [0.717, 1.165) is 24.9 Å². The molecule has 1 atom stereocenters. The minimum absolute atomic E-state index is 0.155. The largest absolute Gasteiger partial charge is 0.348 e. The van der Waals surface area contributed by atoms with Crippen LogP contribution in [0.5, 0.6) is 0 Å². The average molecular weight is 273 g/mol. The van der Waals surface area contributed by atoms with Crippen LogP contribution in [0, 0.1) is 0 Å². The van der Waals surface area contributed by atoms with Crippen molar-refractivity contribution >= 4 is 5.91 Å². The molecule has 0 bridgehead atoms. The van der Waals surface area contributed by atoms with E-state index >= 15 is 0 Å². The lowest BCUT2D eigenvalue weighted by molar-refractivity contribution is 0.0698. The zero-order chi connectivity index (χ0) is 13.9. The third-order valence-electron chi connectivity index (χ3n) is 3.51. The molecule has 7 heteroatoms. The van der Waals surface area contributed by atoms with Crippen LogP contribution < -0.4 is 5.56 Å². The van der Waals surface area contributed by atoms with Gasteiger partial charge in [-0.2, -0.15) is 0 Å². The van der Waals surface area contributed by atoms with E-state index in [-0.39, 0.29) is 23.1 Å². The molecule has 1 aliphatic heterocycles. The third-order valence-corrected chi connectivity index (χ3v) is 3.51. The van der Waals surface area contributed by atoms with Crippen LogP contribution in [-0.4, -0.2) is 43.8 Å². The molecule has 1 amide bonds. The number of carbonyl (C=O) groups is 1. The van der Waals surface area contributed by atoms with E-state index in [1.54, 1.807) is 17.3 Å². The predicted octanol–water partition coefficient (Wildman–Crippen LogP) is 0.513. The van der Waals surface area contributed by atoms with Gasteiger partial charge in [-0.1, -0.05) is 0 Å². The molecule has 1 aliphatic rings. The molecule has 2 aromatic heterocycles. The minimum atomic E-state index is -0.311. The summed E-state index contributed by atoms with van der Waals surface area (Å²) in [6.07, 6.45) is 7.94. The van der Waals surface area contributed by atoms with Gasteiger partial charge in [-0.25, -0.2) is 9.97 Å². The summed E-state index contributed by atoms with van der Waals surface area (Å²) in [5.41, 5.74) is -0.0432. The van der Waals surface area contributed by atoms with Crippen LogP contribution in [0.15, 0.2) is 29.6 Å². The SMILES string of the molecule is O=C(c1c[nH]c(=O)cn1)N1CCC[C@@H](c2ncc[nH]2)C1. The van der Waals surface area contributed by atoms with Gasteiger partial charge >= 0.3 is 0 Å². The molecule has 104 valence electrons. The molecule has 0 aromatic carbocycles. The molecule has 0 aliphatic carbocycles. The average Bonchev–Trinajstić information content (AvgIpc) is 3.02. The molecule has 3 rings (SSSR count). The van der Waals surface area contributed by atoms with Crippen molar-refractivity contribution in [2.45, 2.75) is 18.8 Å². The summed E-state index contributed by atoms with van der Waals surface area (Å²) >= 11 is 0. The van der Waals surface area contributed by atoms with Crippen LogP contribution in [0.2, 0.25) is 0 Å². The molecular weight excluding hydrogens is 258 g/mol. The summed E-state index contributed by atoms with van der Waals surface area (Å²) in [5, 5.41) is 0. The Balaban J connectivity index is 1.75. The number of aromatic amines is 2. The summed E-state index contributed by atoms with van der Waals surface area (Å²) in [6.45, 7) is 1.32. The Kier molecular flexibility index (Phi) is 3.32. The molecule has 0 saturated carbocycles. The fourth-order valence-corrected chi connectivity index (χ4v) is 2.51. The number of imidazole rings is 1. The maximum Gasteiger partial charge on any atom is 0.273 e. The van der Waals surface area contributed by atoms with Crippen LogP contribution in [0.25, 0.3) is 0 Å². The standard InChI is InChI=1S/C13H15N5O2/c19-11-7-16-10(6-17-11)13(20)18-5-1-2-9(8-18)12-14-3-4-15-12/h3-4,6-7,9H,1-2,5,8H2,(H,14,15)(H,17,19)/t9-/m1/s1. The highest BCUT2D eigenvalue weighted by molar-refractivity contribution is 5.92. The van der Waals surface area contributed by atoms with Gasteiger partial charge in [0, 0.05) is 37.6 Å². The van der Waals surface area contributed by atoms with Gasteiger partial charge in [0.05, 0.1) is 6.20 Å². The van der Waals surface area contributed by atoms with E-state index in [2.05, 4.69) is 19.9 Å². The van der Waals surface area contributed by atoms with Crippen LogP contribution in [0.4, 0.5) is 0 Å². The fourth-order valence-electron chi connectivity index (χ4n) is 2.51. The summed E-state index contributed by atoms with van der Waals surface area (Å²) in [5.74, 6) is 0.986. The van der Waals surface area contributed by atoms with Crippen LogP contribution in [0.3, 0.4) is 0 Å². The highest BCUT2D eigenvalue weighted by atomic mass is 16.2. The first kappa shape index (κ1) is 12.6. The van der Waals surface area contributed by atoms with E-state index < -0.39 is 0 Å². The summed E-state index contributed by atoms with van der Waals surface area (Å²) in [4.78, 5) is 38.8. The maximum atomic E-state index is 12.3. The lowest BCUT2D eigenvalue weighted by Gasteiger charge is -2.31. The number of nitrogens with zero attached hydrogens (tertiary/aromatic N) is 3. The van der Waals surface area contributed by atoms with Gasteiger partial charge in [0.15, 0.2) is 0 Å². The molecule has 1 saturated heterocycles. The van der Waals surface area contributed by atoms with E-state index in [0.29, 0.717) is 13.1 Å². The number of rotatable bonds is 2. The number of likely N-dealkylation sites (tertiary alicyclic amines) is 1. The van der Waals surface area contributed by atoms with Crippen molar-refractivity contribution in [2.24, 2.45) is 0 Å². The smallest absolute Gasteiger partial charge is 0.273 e. The number of amides is 1. The maximum absolute atomic E-state index is 12.3. The zero-order valence-electron chi connectivity index (χ0n) is 10.9. The molecule has 1 fully saturated rings. The first-order valence-electron chi connectivity index (χ1n) is 6.57. The molecule has 0 unspecified atom stereocenters. The molecule has 2 aromatic rings. The molecule has 2 N–H and O–H groups in total. The topological polar surface area (TPSA) is 94.7 Å². The van der Waals surface area contributed by atoms with Crippen molar-refractivity contribution in [1.29, 1.82) is 0 Å². The minimum Gasteiger partial charge on any atom is -0.348 e. The van der Waals surface area contributed by atoms with E-state index in [4.69, 9.17) is 0 Å². The van der Waals surface area contributed by atoms with Crippen molar-refractivity contribution in [3.05, 3.63) is 46.7 Å². The predicted molar refractivity (Wildman–Crippen MR) is 71.3 cm³/mol. The molecule has 7 nitrogen and oxygen atoms in total. The second kappa shape index (κ2) is 5.28. The number of nitrogens with one attached hydrogen (secondary N) is 2. The van der Waals surface area contributed by atoms with Crippen molar-refractivity contribution in [2.75, 3.05) is 13.1 Å². The van der Waals surface area contributed by atoms with Gasteiger partial charge in [-0.05, 0) is 12.8 Å². The molecule has 20 heavy (non-hydrogen) atoms. The molecule has 0 spiro atoms. The number of hydrogen-bond donors (Lipinski definition) is 2. The second-order valence-electron chi connectivity index (χ2n) is 4.86. The summed E-state index contributed by atoms with van der Waals surface area (Å²) in [6, 6.07) is 0. The lowest BCUT2D eigenvalue weighted by Crippen LogP contribution is -2.40. The number of piperidine rings is 1.